The first kappa shape index (κ1) is 32.5. The maximum atomic E-state index is 13.5. The van der Waals surface area contributed by atoms with Crippen molar-refractivity contribution in [3.8, 4) is 12.3 Å². The number of unbranched alkanes of at least 4 members (excludes halogenated alkanes) is 4. The topological polar surface area (TPSA) is 114 Å². The van der Waals surface area contributed by atoms with E-state index in [4.69, 9.17) is 15.9 Å². The van der Waals surface area contributed by atoms with Crippen molar-refractivity contribution in [1.29, 1.82) is 0 Å². The number of esters is 1. The molecule has 0 spiro atoms. The van der Waals surface area contributed by atoms with Gasteiger partial charge in [-0.05, 0) is 45.7 Å². The Morgan fingerprint density at radius 2 is 1.71 bits per heavy atom. The number of terminal acetylenes is 1. The minimum atomic E-state index is -1.05. The molecule has 38 heavy (non-hydrogen) atoms. The lowest BCUT2D eigenvalue weighted by molar-refractivity contribution is -0.143. The van der Waals surface area contributed by atoms with Crippen LogP contribution in [0, 0.1) is 12.3 Å². The first-order valence-electron chi connectivity index (χ1n) is 13.3. The molecule has 0 saturated heterocycles. The predicted molar refractivity (Wildman–Crippen MR) is 146 cm³/mol. The summed E-state index contributed by atoms with van der Waals surface area (Å²) in [4.78, 5) is 52.4. The summed E-state index contributed by atoms with van der Waals surface area (Å²) in [6.07, 6.45) is 9.70. The summed E-state index contributed by atoms with van der Waals surface area (Å²) in [5.74, 6) is 1.23. The second-order valence-corrected chi connectivity index (χ2v) is 9.84. The molecule has 0 fully saturated rings. The van der Waals surface area contributed by atoms with Gasteiger partial charge in [-0.25, -0.2) is 4.79 Å². The minimum absolute atomic E-state index is 0.00570. The van der Waals surface area contributed by atoms with E-state index in [1.54, 1.807) is 52.0 Å². The SMILES string of the molecule is C#Cc1ccccc1C(C(=O)NCCC(=O)OCC)N(CCCCCCC)C(=O)CNC(=O)OC(C)(C)C. The molecule has 9 heteroatoms. The van der Waals surface area contributed by atoms with Gasteiger partial charge in [0.15, 0.2) is 0 Å². The summed E-state index contributed by atoms with van der Waals surface area (Å²) in [6.45, 7) is 9.22. The summed E-state index contributed by atoms with van der Waals surface area (Å²) in [5, 5.41) is 5.24. The average molecular weight is 530 g/mol. The van der Waals surface area contributed by atoms with Crippen molar-refractivity contribution in [2.24, 2.45) is 0 Å². The molecule has 1 unspecified atom stereocenters. The molecule has 0 heterocycles. The third-order valence-corrected chi connectivity index (χ3v) is 5.51. The molecule has 1 rings (SSSR count). The van der Waals surface area contributed by atoms with Crippen molar-refractivity contribution in [1.82, 2.24) is 15.5 Å². The minimum Gasteiger partial charge on any atom is -0.466 e. The third kappa shape index (κ3) is 12.1. The molecule has 0 radical (unpaired) electrons. The highest BCUT2D eigenvalue weighted by atomic mass is 16.6. The van der Waals surface area contributed by atoms with Gasteiger partial charge in [0.1, 0.15) is 18.2 Å². The molecule has 0 aliphatic rings. The first-order valence-corrected chi connectivity index (χ1v) is 13.3. The van der Waals surface area contributed by atoms with Crippen LogP contribution in [0.1, 0.15) is 90.3 Å². The van der Waals surface area contributed by atoms with Crippen molar-refractivity contribution in [3.63, 3.8) is 0 Å². The van der Waals surface area contributed by atoms with Gasteiger partial charge in [-0.1, -0.05) is 56.7 Å². The normalized spacial score (nSPS) is 11.6. The van der Waals surface area contributed by atoms with Crippen LogP contribution in [-0.2, 0) is 23.9 Å². The standard InChI is InChI=1S/C29H43N3O6/c1-7-10-11-12-15-20-32(24(33)21-31-28(36)38-29(4,5)6)26(23-17-14-13-16-22(23)8-2)27(35)30-19-18-25(34)37-9-3/h2,13-14,16-17,26H,7,9-12,15,18-21H2,1,3-6H3,(H,30,35)(H,31,36). The number of hydrogen-bond donors (Lipinski definition) is 2. The van der Waals surface area contributed by atoms with Crippen molar-refractivity contribution in [3.05, 3.63) is 35.4 Å². The maximum absolute atomic E-state index is 13.5. The molecule has 0 saturated carbocycles. The summed E-state index contributed by atoms with van der Waals surface area (Å²) >= 11 is 0. The molecule has 0 aliphatic carbocycles. The molecule has 1 aromatic rings. The number of nitrogens with one attached hydrogen (secondary N) is 2. The van der Waals surface area contributed by atoms with E-state index in [0.29, 0.717) is 17.5 Å². The summed E-state index contributed by atoms with van der Waals surface area (Å²) in [7, 11) is 0. The number of amides is 3. The molecule has 2 N–H and O–H groups in total. The zero-order chi connectivity index (χ0) is 28.6. The van der Waals surface area contributed by atoms with Crippen LogP contribution in [0.3, 0.4) is 0 Å². The fraction of sp³-hybridized carbons (Fsp3) is 0.586. The van der Waals surface area contributed by atoms with Gasteiger partial charge in [0, 0.05) is 18.7 Å². The second kappa shape index (κ2) is 17.1. The molecule has 0 aliphatic heterocycles. The molecule has 1 atom stereocenters. The Labute approximate surface area is 227 Å². The van der Waals surface area contributed by atoms with Crippen LogP contribution in [-0.4, -0.2) is 60.6 Å². The van der Waals surface area contributed by atoms with E-state index >= 15 is 0 Å². The van der Waals surface area contributed by atoms with Gasteiger partial charge in [0.25, 0.3) is 0 Å². The Kier molecular flexibility index (Phi) is 14.6. The quantitative estimate of drug-likeness (QED) is 0.201. The Morgan fingerprint density at radius 1 is 1.03 bits per heavy atom. The number of nitrogens with zero attached hydrogens (tertiary/aromatic N) is 1. The zero-order valence-corrected chi connectivity index (χ0v) is 23.4. The van der Waals surface area contributed by atoms with E-state index in [1.165, 1.54) is 4.90 Å². The van der Waals surface area contributed by atoms with Crippen molar-refractivity contribution < 1.29 is 28.7 Å². The Bertz CT molecular complexity index is 964. The number of carbonyl (C=O) groups is 4. The highest BCUT2D eigenvalue weighted by Gasteiger charge is 2.33. The predicted octanol–water partition coefficient (Wildman–Crippen LogP) is 4.10. The van der Waals surface area contributed by atoms with Gasteiger partial charge in [0.05, 0.1) is 13.0 Å². The molecule has 3 amide bonds. The van der Waals surface area contributed by atoms with E-state index in [2.05, 4.69) is 23.5 Å². The Balaban J connectivity index is 3.24. The van der Waals surface area contributed by atoms with Gasteiger partial charge in [-0.3, -0.25) is 14.4 Å². The lowest BCUT2D eigenvalue weighted by atomic mass is 9.97. The van der Waals surface area contributed by atoms with E-state index < -0.39 is 35.5 Å². The molecule has 1 aromatic carbocycles. The van der Waals surface area contributed by atoms with Crippen LogP contribution in [0.2, 0.25) is 0 Å². The van der Waals surface area contributed by atoms with Crippen LogP contribution in [0.25, 0.3) is 0 Å². The number of benzene rings is 1. The van der Waals surface area contributed by atoms with Gasteiger partial charge < -0.3 is 25.0 Å². The highest BCUT2D eigenvalue weighted by Crippen LogP contribution is 2.25. The molecule has 210 valence electrons. The largest absolute Gasteiger partial charge is 0.466 e. The van der Waals surface area contributed by atoms with Gasteiger partial charge in [-0.2, -0.15) is 0 Å². The number of ether oxygens (including phenoxy) is 2. The lowest BCUT2D eigenvalue weighted by Gasteiger charge is -2.32. The molecule has 0 bridgehead atoms. The molecule has 9 nitrogen and oxygen atoms in total. The van der Waals surface area contributed by atoms with Crippen LogP contribution < -0.4 is 10.6 Å². The molecule has 0 aromatic heterocycles. The highest BCUT2D eigenvalue weighted by molar-refractivity contribution is 5.91. The molecular weight excluding hydrogens is 486 g/mol. The van der Waals surface area contributed by atoms with E-state index in [0.717, 1.165) is 25.7 Å². The summed E-state index contributed by atoms with van der Waals surface area (Å²) < 4.78 is 10.2. The van der Waals surface area contributed by atoms with Crippen molar-refractivity contribution in [2.45, 2.75) is 84.8 Å². The van der Waals surface area contributed by atoms with Crippen LogP contribution in [0.4, 0.5) is 4.79 Å². The van der Waals surface area contributed by atoms with E-state index in [1.807, 2.05) is 0 Å². The van der Waals surface area contributed by atoms with Crippen molar-refractivity contribution >= 4 is 23.9 Å². The summed E-state index contributed by atoms with van der Waals surface area (Å²) in [5.41, 5.74) is 0.240. The van der Waals surface area contributed by atoms with Crippen LogP contribution >= 0.6 is 0 Å². The Hall–Kier alpha value is -3.54. The summed E-state index contributed by atoms with van der Waals surface area (Å²) in [6, 6.07) is 5.87. The third-order valence-electron chi connectivity index (χ3n) is 5.51. The molecular formula is C29H43N3O6. The Morgan fingerprint density at radius 3 is 2.34 bits per heavy atom. The number of alkyl carbamates (subject to hydrolysis) is 1. The number of hydrogen-bond acceptors (Lipinski definition) is 6. The van der Waals surface area contributed by atoms with Gasteiger partial charge >= 0.3 is 12.1 Å². The van der Waals surface area contributed by atoms with Crippen LogP contribution in [0.5, 0.6) is 0 Å². The monoisotopic (exact) mass is 529 g/mol. The number of carbonyl (C=O) groups excluding carboxylic acids is 4. The van der Waals surface area contributed by atoms with Crippen molar-refractivity contribution in [2.75, 3.05) is 26.2 Å². The fourth-order valence-corrected chi connectivity index (χ4v) is 3.78. The van der Waals surface area contributed by atoms with E-state index in [-0.39, 0.29) is 32.7 Å². The second-order valence-electron chi connectivity index (χ2n) is 9.84. The van der Waals surface area contributed by atoms with Gasteiger partial charge in [0.2, 0.25) is 11.8 Å². The van der Waals surface area contributed by atoms with Crippen LogP contribution in [0.15, 0.2) is 24.3 Å². The zero-order valence-electron chi connectivity index (χ0n) is 23.4. The fourth-order valence-electron chi connectivity index (χ4n) is 3.78. The first-order chi connectivity index (χ1) is 18.0. The average Bonchev–Trinajstić information content (AvgIpc) is 2.85. The van der Waals surface area contributed by atoms with Gasteiger partial charge in [-0.15, -0.1) is 6.42 Å². The van der Waals surface area contributed by atoms with E-state index in [9.17, 15) is 19.2 Å². The number of rotatable bonds is 15. The maximum Gasteiger partial charge on any atom is 0.408 e. The smallest absolute Gasteiger partial charge is 0.408 e. The lowest BCUT2D eigenvalue weighted by Crippen LogP contribution is -2.48.